The summed E-state index contributed by atoms with van der Waals surface area (Å²) in [6.07, 6.45) is 0.853. The van der Waals surface area contributed by atoms with Crippen molar-refractivity contribution >= 4 is 43.5 Å². The normalized spacial score (nSPS) is 12.6. The first-order chi connectivity index (χ1) is 22.4. The summed E-state index contributed by atoms with van der Waals surface area (Å²) < 4.78 is 49.2. The predicted molar refractivity (Wildman–Crippen MR) is 185 cm³/mol. The van der Waals surface area contributed by atoms with E-state index < -0.39 is 34.3 Å². The van der Waals surface area contributed by atoms with E-state index >= 15 is 0 Å². The van der Waals surface area contributed by atoms with Crippen LogP contribution in [-0.4, -0.2) is 50.9 Å². The molecule has 248 valence electrons. The summed E-state index contributed by atoms with van der Waals surface area (Å²) >= 11 is 3.37. The van der Waals surface area contributed by atoms with Gasteiger partial charge in [0.2, 0.25) is 11.8 Å². The van der Waals surface area contributed by atoms with Crippen LogP contribution in [0.1, 0.15) is 37.0 Å². The molecule has 0 aliphatic carbocycles. The first-order valence-electron chi connectivity index (χ1n) is 15.2. The van der Waals surface area contributed by atoms with Gasteiger partial charge in [0.25, 0.3) is 10.0 Å². The maximum Gasteiger partial charge on any atom is 0.264 e. The molecule has 0 bridgehead atoms. The molecule has 0 fully saturated rings. The summed E-state index contributed by atoms with van der Waals surface area (Å²) in [6, 6.07) is 25.0. The molecule has 8 nitrogen and oxygen atoms in total. The molecule has 1 N–H and O–H groups in total. The average Bonchev–Trinajstić information content (AvgIpc) is 3.06. The number of hydrogen-bond acceptors (Lipinski definition) is 5. The number of amides is 2. The maximum atomic E-state index is 14.5. The number of nitrogens with zero attached hydrogens (tertiary/aromatic N) is 2. The quantitative estimate of drug-likeness (QED) is 0.157. The van der Waals surface area contributed by atoms with E-state index in [9.17, 15) is 22.4 Å². The molecule has 0 aliphatic heterocycles. The highest BCUT2D eigenvalue weighted by Crippen LogP contribution is 2.31. The van der Waals surface area contributed by atoms with Crippen molar-refractivity contribution in [2.75, 3.05) is 18.0 Å². The van der Waals surface area contributed by atoms with Gasteiger partial charge in [-0.1, -0.05) is 67.1 Å². The summed E-state index contributed by atoms with van der Waals surface area (Å²) in [5.74, 6) is -0.971. The number of anilines is 1. The van der Waals surface area contributed by atoms with Gasteiger partial charge < -0.3 is 15.0 Å². The third-order valence-corrected chi connectivity index (χ3v) is 10.2. The second kappa shape index (κ2) is 16.1. The summed E-state index contributed by atoms with van der Waals surface area (Å²) in [5, 5.41) is 3.00. The van der Waals surface area contributed by atoms with Gasteiger partial charge in [-0.05, 0) is 89.8 Å². The lowest BCUT2D eigenvalue weighted by Gasteiger charge is -2.34. The first kappa shape index (κ1) is 35.6. The van der Waals surface area contributed by atoms with Crippen LogP contribution >= 0.6 is 15.9 Å². The number of aryl methyl sites for hydroxylation is 1. The molecule has 47 heavy (non-hydrogen) atoms. The molecule has 0 heterocycles. The zero-order valence-corrected chi connectivity index (χ0v) is 29.2. The molecular formula is C36H39BrFN3O5S. The lowest BCUT2D eigenvalue weighted by atomic mass is 10.0. The van der Waals surface area contributed by atoms with Gasteiger partial charge in [-0.3, -0.25) is 13.9 Å². The fraction of sp³-hybridized carbons (Fsp3) is 0.278. The van der Waals surface area contributed by atoms with Gasteiger partial charge >= 0.3 is 0 Å². The summed E-state index contributed by atoms with van der Waals surface area (Å²) in [7, 11) is -2.82. The van der Waals surface area contributed by atoms with Crippen LogP contribution in [0.2, 0.25) is 0 Å². The Balaban J connectivity index is 1.81. The van der Waals surface area contributed by atoms with Gasteiger partial charge in [-0.15, -0.1) is 0 Å². The highest BCUT2D eigenvalue weighted by molar-refractivity contribution is 9.10. The van der Waals surface area contributed by atoms with Crippen molar-refractivity contribution in [2.45, 2.75) is 57.1 Å². The Morgan fingerprint density at radius 1 is 0.936 bits per heavy atom. The number of ether oxygens (including phenoxy) is 1. The van der Waals surface area contributed by atoms with E-state index in [1.54, 1.807) is 36.4 Å². The zero-order chi connectivity index (χ0) is 34.1. The minimum absolute atomic E-state index is 0.0551. The van der Waals surface area contributed by atoms with Gasteiger partial charge in [0.05, 0.1) is 22.2 Å². The standard InChI is InChI=1S/C36H39BrFN3O5S/c1-5-26(3)39-36(43)33(21-27-9-7-6-8-10-27)40(23-28-13-15-29(38)16-14-28)35(42)24-41(30-17-11-25(2)12-18-30)47(44,45)31-19-20-34(46-4)32(37)22-31/h6-20,22,26,33H,5,21,23-24H2,1-4H3,(H,39,43)/t26-,33+/m1/s1. The Morgan fingerprint density at radius 3 is 2.19 bits per heavy atom. The summed E-state index contributed by atoms with van der Waals surface area (Å²) in [5.41, 5.74) is 2.59. The lowest BCUT2D eigenvalue weighted by molar-refractivity contribution is -0.140. The van der Waals surface area contributed by atoms with E-state index in [0.29, 0.717) is 22.2 Å². The Kier molecular flexibility index (Phi) is 12.2. The molecule has 0 saturated carbocycles. The summed E-state index contributed by atoms with van der Waals surface area (Å²) in [6.45, 7) is 5.05. The van der Waals surface area contributed by atoms with E-state index in [4.69, 9.17) is 4.74 Å². The molecule has 0 aromatic heterocycles. The number of carbonyl (C=O) groups excluding carboxylic acids is 2. The first-order valence-corrected chi connectivity index (χ1v) is 17.5. The van der Waals surface area contributed by atoms with Gasteiger partial charge in [0.15, 0.2) is 0 Å². The number of nitrogens with one attached hydrogen (secondary N) is 1. The van der Waals surface area contributed by atoms with E-state index in [1.165, 1.54) is 42.3 Å². The zero-order valence-electron chi connectivity index (χ0n) is 26.8. The number of carbonyl (C=O) groups is 2. The molecule has 4 rings (SSSR count). The van der Waals surface area contributed by atoms with Gasteiger partial charge in [-0.25, -0.2) is 12.8 Å². The van der Waals surface area contributed by atoms with E-state index in [-0.39, 0.29) is 35.5 Å². The second-order valence-electron chi connectivity index (χ2n) is 11.3. The molecule has 0 aliphatic rings. The number of hydrogen-bond donors (Lipinski definition) is 1. The third kappa shape index (κ3) is 9.20. The van der Waals surface area contributed by atoms with Crippen LogP contribution in [0.3, 0.4) is 0 Å². The second-order valence-corrected chi connectivity index (χ2v) is 14.0. The Bertz CT molecular complexity index is 1770. The Morgan fingerprint density at radius 2 is 1.60 bits per heavy atom. The molecule has 11 heteroatoms. The number of halogens is 2. The summed E-state index contributed by atoms with van der Waals surface area (Å²) in [4.78, 5) is 29.8. The van der Waals surface area contributed by atoms with Crippen molar-refractivity contribution in [1.29, 1.82) is 0 Å². The minimum atomic E-state index is -4.30. The maximum absolute atomic E-state index is 14.5. The van der Waals surface area contributed by atoms with Gasteiger partial charge in [0.1, 0.15) is 24.2 Å². The van der Waals surface area contributed by atoms with Crippen molar-refractivity contribution < 1.29 is 27.1 Å². The molecule has 2 atom stereocenters. The number of methoxy groups -OCH3 is 1. The highest BCUT2D eigenvalue weighted by atomic mass is 79.9. The molecule has 0 unspecified atom stereocenters. The molecular weight excluding hydrogens is 685 g/mol. The molecule has 0 saturated heterocycles. The molecule has 4 aromatic rings. The molecule has 0 spiro atoms. The van der Waals surface area contributed by atoms with Crippen LogP contribution in [0.15, 0.2) is 106 Å². The SMILES string of the molecule is CC[C@@H](C)NC(=O)[C@H](Cc1ccccc1)N(Cc1ccc(F)cc1)C(=O)CN(c1ccc(C)cc1)S(=O)(=O)c1ccc(OC)c(Br)c1. The monoisotopic (exact) mass is 723 g/mol. The number of sulfonamides is 1. The van der Waals surface area contributed by atoms with E-state index in [1.807, 2.05) is 51.1 Å². The van der Waals surface area contributed by atoms with Crippen LogP contribution in [0.5, 0.6) is 5.75 Å². The van der Waals surface area contributed by atoms with Crippen LogP contribution < -0.4 is 14.4 Å². The Labute approximate surface area is 284 Å². The highest BCUT2D eigenvalue weighted by Gasteiger charge is 2.35. The molecule has 2 amide bonds. The third-order valence-electron chi connectivity index (χ3n) is 7.85. The van der Waals surface area contributed by atoms with Crippen LogP contribution in [0, 0.1) is 12.7 Å². The number of benzene rings is 4. The van der Waals surface area contributed by atoms with Crippen molar-refractivity contribution in [3.05, 3.63) is 124 Å². The fourth-order valence-corrected chi connectivity index (χ4v) is 7.09. The van der Waals surface area contributed by atoms with E-state index in [2.05, 4.69) is 21.2 Å². The van der Waals surface area contributed by atoms with Gasteiger partial charge in [0, 0.05) is 19.0 Å². The topological polar surface area (TPSA) is 96.0 Å². The smallest absolute Gasteiger partial charge is 0.264 e. The van der Waals surface area contributed by atoms with Crippen LogP contribution in [-0.2, 0) is 32.6 Å². The minimum Gasteiger partial charge on any atom is -0.496 e. The van der Waals surface area contributed by atoms with Crippen molar-refractivity contribution in [3.8, 4) is 5.75 Å². The van der Waals surface area contributed by atoms with Crippen LogP contribution in [0.4, 0.5) is 10.1 Å². The van der Waals surface area contributed by atoms with Crippen LogP contribution in [0.25, 0.3) is 0 Å². The Hall–Kier alpha value is -4.22. The molecule has 0 radical (unpaired) electrons. The van der Waals surface area contributed by atoms with Crippen molar-refractivity contribution in [3.63, 3.8) is 0 Å². The van der Waals surface area contributed by atoms with Gasteiger partial charge in [-0.2, -0.15) is 0 Å². The largest absolute Gasteiger partial charge is 0.496 e. The number of rotatable bonds is 14. The van der Waals surface area contributed by atoms with E-state index in [0.717, 1.165) is 15.4 Å². The molecule has 4 aromatic carbocycles. The predicted octanol–water partition coefficient (Wildman–Crippen LogP) is 6.66. The average molecular weight is 725 g/mol. The van der Waals surface area contributed by atoms with Crippen molar-refractivity contribution in [2.24, 2.45) is 0 Å². The lowest BCUT2D eigenvalue weighted by Crippen LogP contribution is -2.54. The fourth-order valence-electron chi connectivity index (χ4n) is 4.96. The van der Waals surface area contributed by atoms with Crippen molar-refractivity contribution in [1.82, 2.24) is 10.2 Å².